The lowest BCUT2D eigenvalue weighted by atomic mass is 9.96. The van der Waals surface area contributed by atoms with Crippen molar-refractivity contribution in [2.75, 3.05) is 10.6 Å². The van der Waals surface area contributed by atoms with Crippen LogP contribution in [0.1, 0.15) is 32.1 Å². The predicted molar refractivity (Wildman–Crippen MR) is 90.1 cm³/mol. The van der Waals surface area contributed by atoms with Crippen LogP contribution in [0.3, 0.4) is 0 Å². The molecule has 0 radical (unpaired) electrons. The molecular formula is C15H17Cl2N5. The molecule has 1 heterocycles. The average Bonchev–Trinajstić information content (AvgIpc) is 2.52. The van der Waals surface area contributed by atoms with Gasteiger partial charge in [0, 0.05) is 11.1 Å². The maximum Gasteiger partial charge on any atom is 0.244 e. The van der Waals surface area contributed by atoms with Gasteiger partial charge in [-0.2, -0.15) is 10.1 Å². The first-order valence-corrected chi connectivity index (χ1v) is 8.14. The monoisotopic (exact) mass is 337 g/mol. The third-order valence-electron chi connectivity index (χ3n) is 3.69. The largest absolute Gasteiger partial charge is 0.350 e. The topological polar surface area (TPSA) is 62.7 Å². The van der Waals surface area contributed by atoms with E-state index in [1.54, 1.807) is 24.4 Å². The Morgan fingerprint density at radius 3 is 2.68 bits per heavy atom. The van der Waals surface area contributed by atoms with Gasteiger partial charge >= 0.3 is 0 Å². The van der Waals surface area contributed by atoms with Gasteiger partial charge in [0.25, 0.3) is 0 Å². The molecule has 3 rings (SSSR count). The molecule has 116 valence electrons. The number of hydrogen-bond acceptors (Lipinski definition) is 5. The van der Waals surface area contributed by atoms with Crippen LogP contribution in [0.25, 0.3) is 0 Å². The summed E-state index contributed by atoms with van der Waals surface area (Å²) in [4.78, 5) is 4.44. The lowest BCUT2D eigenvalue weighted by molar-refractivity contribution is 0.460. The molecule has 2 aromatic rings. The highest BCUT2D eigenvalue weighted by Gasteiger charge is 2.14. The van der Waals surface area contributed by atoms with Crippen molar-refractivity contribution in [3.8, 4) is 0 Å². The van der Waals surface area contributed by atoms with Crippen molar-refractivity contribution in [1.82, 2.24) is 15.2 Å². The summed E-state index contributed by atoms with van der Waals surface area (Å²) in [5.41, 5.74) is 0.732. The van der Waals surface area contributed by atoms with Crippen LogP contribution in [0.4, 0.5) is 17.5 Å². The zero-order chi connectivity index (χ0) is 15.4. The Morgan fingerprint density at radius 1 is 1.09 bits per heavy atom. The van der Waals surface area contributed by atoms with E-state index in [1.165, 1.54) is 19.3 Å². The molecule has 1 saturated carbocycles. The van der Waals surface area contributed by atoms with Gasteiger partial charge in [0.2, 0.25) is 5.95 Å². The van der Waals surface area contributed by atoms with Crippen LogP contribution in [0.2, 0.25) is 10.0 Å². The Labute approximate surface area is 139 Å². The van der Waals surface area contributed by atoms with Crippen molar-refractivity contribution in [3.63, 3.8) is 0 Å². The van der Waals surface area contributed by atoms with E-state index in [0.717, 1.165) is 18.5 Å². The molecule has 0 saturated heterocycles. The Morgan fingerprint density at radius 2 is 1.91 bits per heavy atom. The fourth-order valence-corrected chi connectivity index (χ4v) is 3.04. The number of anilines is 3. The number of nitrogens with zero attached hydrogens (tertiary/aromatic N) is 3. The SMILES string of the molecule is Clc1ccc(Nc2cnnc(NC3CCCCC3)n2)c(Cl)c1. The van der Waals surface area contributed by atoms with Crippen molar-refractivity contribution in [3.05, 3.63) is 34.4 Å². The Balaban J connectivity index is 1.70. The molecule has 0 aliphatic heterocycles. The molecule has 0 atom stereocenters. The van der Waals surface area contributed by atoms with E-state index in [0.29, 0.717) is 27.9 Å². The number of rotatable bonds is 4. The lowest BCUT2D eigenvalue weighted by Gasteiger charge is -2.22. The molecule has 1 aromatic carbocycles. The summed E-state index contributed by atoms with van der Waals surface area (Å²) in [6, 6.07) is 5.69. The van der Waals surface area contributed by atoms with E-state index in [2.05, 4.69) is 25.8 Å². The van der Waals surface area contributed by atoms with Gasteiger partial charge in [0.05, 0.1) is 16.9 Å². The van der Waals surface area contributed by atoms with Gasteiger partial charge in [-0.25, -0.2) is 0 Å². The average molecular weight is 338 g/mol. The first-order valence-electron chi connectivity index (χ1n) is 7.39. The van der Waals surface area contributed by atoms with Gasteiger partial charge < -0.3 is 10.6 Å². The maximum atomic E-state index is 6.15. The number of benzene rings is 1. The second-order valence-electron chi connectivity index (χ2n) is 5.39. The van der Waals surface area contributed by atoms with Crippen molar-refractivity contribution >= 4 is 40.7 Å². The van der Waals surface area contributed by atoms with Crippen molar-refractivity contribution < 1.29 is 0 Å². The lowest BCUT2D eigenvalue weighted by Crippen LogP contribution is -2.23. The molecule has 1 aliphatic rings. The molecular weight excluding hydrogens is 321 g/mol. The van der Waals surface area contributed by atoms with Crippen molar-refractivity contribution in [2.24, 2.45) is 0 Å². The summed E-state index contributed by atoms with van der Waals surface area (Å²) >= 11 is 12.0. The van der Waals surface area contributed by atoms with Crippen LogP contribution in [0.15, 0.2) is 24.4 Å². The molecule has 7 heteroatoms. The van der Waals surface area contributed by atoms with Crippen LogP contribution >= 0.6 is 23.2 Å². The quantitative estimate of drug-likeness (QED) is 0.848. The summed E-state index contributed by atoms with van der Waals surface area (Å²) in [6.07, 6.45) is 7.70. The molecule has 22 heavy (non-hydrogen) atoms. The highest BCUT2D eigenvalue weighted by atomic mass is 35.5. The predicted octanol–water partition coefficient (Wildman–Crippen LogP) is 4.67. The molecule has 0 bridgehead atoms. The number of nitrogens with one attached hydrogen (secondary N) is 2. The fraction of sp³-hybridized carbons (Fsp3) is 0.400. The minimum atomic E-state index is 0.435. The third kappa shape index (κ3) is 3.99. The standard InChI is InChI=1S/C15H17Cl2N5/c16-10-6-7-13(12(17)8-10)20-14-9-18-22-15(21-14)19-11-4-2-1-3-5-11/h6-9,11H,1-5H2,(H2,19,20,21,22). The van der Waals surface area contributed by atoms with E-state index in [4.69, 9.17) is 23.2 Å². The molecule has 0 spiro atoms. The van der Waals surface area contributed by atoms with Crippen molar-refractivity contribution in [2.45, 2.75) is 38.1 Å². The second kappa shape index (κ2) is 7.11. The minimum Gasteiger partial charge on any atom is -0.350 e. The Hall–Kier alpha value is -1.59. The summed E-state index contributed by atoms with van der Waals surface area (Å²) in [7, 11) is 0. The second-order valence-corrected chi connectivity index (χ2v) is 6.24. The normalized spacial score (nSPS) is 15.5. The Kier molecular flexibility index (Phi) is 4.95. The highest BCUT2D eigenvalue weighted by molar-refractivity contribution is 6.36. The molecule has 0 unspecified atom stereocenters. The zero-order valence-electron chi connectivity index (χ0n) is 12.0. The molecule has 0 amide bonds. The van der Waals surface area contributed by atoms with Gasteiger partial charge in [0.15, 0.2) is 5.82 Å². The van der Waals surface area contributed by atoms with Crippen LogP contribution in [0.5, 0.6) is 0 Å². The van der Waals surface area contributed by atoms with Gasteiger partial charge in [-0.3, -0.25) is 0 Å². The van der Waals surface area contributed by atoms with E-state index < -0.39 is 0 Å². The third-order valence-corrected chi connectivity index (χ3v) is 4.24. The van der Waals surface area contributed by atoms with Crippen LogP contribution in [0, 0.1) is 0 Å². The number of aromatic nitrogens is 3. The summed E-state index contributed by atoms with van der Waals surface area (Å²) < 4.78 is 0. The fourth-order valence-electron chi connectivity index (χ4n) is 2.58. The molecule has 5 nitrogen and oxygen atoms in total. The molecule has 1 aliphatic carbocycles. The first-order chi connectivity index (χ1) is 10.7. The maximum absolute atomic E-state index is 6.15. The van der Waals surface area contributed by atoms with Crippen LogP contribution in [-0.4, -0.2) is 21.2 Å². The van der Waals surface area contributed by atoms with Gasteiger partial charge in [-0.1, -0.05) is 42.5 Å². The van der Waals surface area contributed by atoms with Crippen molar-refractivity contribution in [1.29, 1.82) is 0 Å². The van der Waals surface area contributed by atoms with E-state index >= 15 is 0 Å². The molecule has 1 aromatic heterocycles. The summed E-state index contributed by atoms with van der Waals surface area (Å²) in [5.74, 6) is 1.14. The number of hydrogen-bond donors (Lipinski definition) is 2. The van der Waals surface area contributed by atoms with E-state index in [1.807, 2.05) is 0 Å². The minimum absolute atomic E-state index is 0.435. The molecule has 1 fully saturated rings. The van der Waals surface area contributed by atoms with Gasteiger partial charge in [-0.15, -0.1) is 5.10 Å². The highest BCUT2D eigenvalue weighted by Crippen LogP contribution is 2.27. The molecule has 2 N–H and O–H groups in total. The first kappa shape index (κ1) is 15.3. The summed E-state index contributed by atoms with van der Waals surface area (Å²) in [5, 5.41) is 15.6. The van der Waals surface area contributed by atoms with E-state index in [9.17, 15) is 0 Å². The smallest absolute Gasteiger partial charge is 0.244 e. The van der Waals surface area contributed by atoms with Gasteiger partial charge in [0.1, 0.15) is 0 Å². The zero-order valence-corrected chi connectivity index (χ0v) is 13.5. The van der Waals surface area contributed by atoms with Crippen LogP contribution in [-0.2, 0) is 0 Å². The van der Waals surface area contributed by atoms with Gasteiger partial charge in [-0.05, 0) is 31.0 Å². The number of halogens is 2. The summed E-state index contributed by atoms with van der Waals surface area (Å²) in [6.45, 7) is 0. The van der Waals surface area contributed by atoms with Crippen LogP contribution < -0.4 is 10.6 Å². The van der Waals surface area contributed by atoms with E-state index in [-0.39, 0.29) is 0 Å². The Bertz CT molecular complexity index is 644.